The molecule has 0 aliphatic heterocycles. The van der Waals surface area contributed by atoms with E-state index in [0.29, 0.717) is 21.5 Å². The minimum atomic E-state index is -0.349. The smallest absolute Gasteiger partial charge is 0.273 e. The first-order valence-corrected chi connectivity index (χ1v) is 8.46. The minimum absolute atomic E-state index is 0.103. The van der Waals surface area contributed by atoms with Gasteiger partial charge in [0, 0.05) is 11.1 Å². The molecule has 0 aliphatic carbocycles. The maximum Gasteiger partial charge on any atom is 0.273 e. The fourth-order valence-electron chi connectivity index (χ4n) is 2.88. The molecule has 0 radical (unpaired) electrons. The molecule has 1 aromatic heterocycles. The lowest BCUT2D eigenvalue weighted by Gasteiger charge is -2.33. The van der Waals surface area contributed by atoms with E-state index in [1.54, 1.807) is 18.2 Å². The number of amides is 1. The molecule has 0 unspecified atom stereocenters. The fraction of sp³-hybridized carbons (Fsp3) is 0.444. The fourth-order valence-corrected chi connectivity index (χ4v) is 3.18. The number of rotatable bonds is 4. The number of oxazole rings is 1. The molecular formula is C18H22Cl2N2O2. The maximum absolute atomic E-state index is 12.4. The molecule has 0 fully saturated rings. The summed E-state index contributed by atoms with van der Waals surface area (Å²) in [5.74, 6) is 0.0617. The van der Waals surface area contributed by atoms with Gasteiger partial charge in [0.25, 0.3) is 5.91 Å². The number of aromatic nitrogens is 1. The molecule has 1 aromatic carbocycles. The predicted octanol–water partition coefficient (Wildman–Crippen LogP) is 5.59. The van der Waals surface area contributed by atoms with Crippen molar-refractivity contribution in [2.75, 3.05) is 0 Å². The Balaban J connectivity index is 2.15. The van der Waals surface area contributed by atoms with Crippen molar-refractivity contribution in [3.8, 4) is 11.5 Å². The van der Waals surface area contributed by atoms with Crippen LogP contribution in [0, 0.1) is 5.41 Å². The van der Waals surface area contributed by atoms with Crippen LogP contribution < -0.4 is 5.32 Å². The second-order valence-corrected chi connectivity index (χ2v) is 8.56. The van der Waals surface area contributed by atoms with Crippen LogP contribution in [0.15, 0.2) is 28.9 Å². The van der Waals surface area contributed by atoms with Gasteiger partial charge in [-0.2, -0.15) is 0 Å². The zero-order chi connectivity index (χ0) is 18.1. The molecule has 1 heterocycles. The van der Waals surface area contributed by atoms with E-state index in [2.05, 4.69) is 31.1 Å². The summed E-state index contributed by atoms with van der Waals surface area (Å²) in [7, 11) is 0. The van der Waals surface area contributed by atoms with Crippen LogP contribution in [-0.4, -0.2) is 16.4 Å². The molecule has 2 aromatic rings. The molecule has 0 saturated carbocycles. The third-order valence-electron chi connectivity index (χ3n) is 3.33. The first-order valence-electron chi connectivity index (χ1n) is 7.70. The largest absolute Gasteiger partial charge is 0.444 e. The Morgan fingerprint density at radius 3 is 2.42 bits per heavy atom. The van der Waals surface area contributed by atoms with Gasteiger partial charge in [-0.05, 0) is 43.9 Å². The van der Waals surface area contributed by atoms with E-state index < -0.39 is 0 Å². The molecule has 0 atom stereocenters. The lowest BCUT2D eigenvalue weighted by molar-refractivity contribution is 0.0886. The highest BCUT2D eigenvalue weighted by Gasteiger charge is 2.28. The Morgan fingerprint density at radius 2 is 1.83 bits per heavy atom. The Hall–Kier alpha value is -1.52. The molecule has 0 aliphatic rings. The molecule has 2 rings (SSSR count). The Bertz CT molecular complexity index is 746. The number of carbonyl (C=O) groups is 1. The standard InChI is InChI=1S/C18H22Cl2N2O2/c1-17(2,3)10-18(4,5)22-15(23)14-9-24-16(21-14)11-6-7-12(19)13(20)8-11/h6-9H,10H2,1-5H3,(H,22,23). The molecule has 24 heavy (non-hydrogen) atoms. The van der Waals surface area contributed by atoms with Crippen molar-refractivity contribution < 1.29 is 9.21 Å². The van der Waals surface area contributed by atoms with Crippen molar-refractivity contribution >= 4 is 29.1 Å². The van der Waals surface area contributed by atoms with E-state index in [-0.39, 0.29) is 22.6 Å². The molecule has 0 bridgehead atoms. The van der Waals surface area contributed by atoms with Crippen LogP contribution in [0.2, 0.25) is 10.0 Å². The van der Waals surface area contributed by atoms with Gasteiger partial charge in [0.15, 0.2) is 5.69 Å². The summed E-state index contributed by atoms with van der Waals surface area (Å²) in [6, 6.07) is 5.06. The van der Waals surface area contributed by atoms with Crippen molar-refractivity contribution in [2.45, 2.75) is 46.6 Å². The summed E-state index contributed by atoms with van der Waals surface area (Å²) < 4.78 is 5.41. The van der Waals surface area contributed by atoms with Crippen LogP contribution in [0.5, 0.6) is 0 Å². The number of hydrogen-bond acceptors (Lipinski definition) is 3. The molecule has 0 spiro atoms. The van der Waals surface area contributed by atoms with Crippen molar-refractivity contribution in [3.63, 3.8) is 0 Å². The monoisotopic (exact) mass is 368 g/mol. The molecule has 130 valence electrons. The van der Waals surface area contributed by atoms with E-state index >= 15 is 0 Å². The highest BCUT2D eigenvalue weighted by molar-refractivity contribution is 6.42. The zero-order valence-corrected chi connectivity index (χ0v) is 16.0. The van der Waals surface area contributed by atoms with E-state index in [1.807, 2.05) is 13.8 Å². The molecular weight excluding hydrogens is 347 g/mol. The first-order chi connectivity index (χ1) is 11.0. The van der Waals surface area contributed by atoms with Gasteiger partial charge in [-0.25, -0.2) is 4.98 Å². The van der Waals surface area contributed by atoms with Crippen LogP contribution in [0.25, 0.3) is 11.5 Å². The molecule has 1 amide bonds. The van der Waals surface area contributed by atoms with E-state index in [9.17, 15) is 4.79 Å². The Kier molecular flexibility index (Phi) is 5.31. The lowest BCUT2D eigenvalue weighted by Crippen LogP contribution is -2.45. The number of nitrogens with one attached hydrogen (secondary N) is 1. The third-order valence-corrected chi connectivity index (χ3v) is 4.07. The second kappa shape index (κ2) is 6.77. The van der Waals surface area contributed by atoms with Crippen molar-refractivity contribution in [2.24, 2.45) is 5.41 Å². The molecule has 6 heteroatoms. The maximum atomic E-state index is 12.4. The quantitative estimate of drug-likeness (QED) is 0.764. The number of nitrogens with zero attached hydrogens (tertiary/aromatic N) is 1. The van der Waals surface area contributed by atoms with Gasteiger partial charge < -0.3 is 9.73 Å². The van der Waals surface area contributed by atoms with Gasteiger partial charge in [0.2, 0.25) is 5.89 Å². The van der Waals surface area contributed by atoms with Crippen LogP contribution >= 0.6 is 23.2 Å². The molecule has 0 saturated heterocycles. The SMILES string of the molecule is CC(C)(C)CC(C)(C)NC(=O)c1coc(-c2ccc(Cl)c(Cl)c2)n1. The molecule has 1 N–H and O–H groups in total. The van der Waals surface area contributed by atoms with Crippen LogP contribution in [0.4, 0.5) is 0 Å². The summed E-state index contributed by atoms with van der Waals surface area (Å²) in [5.41, 5.74) is 0.652. The van der Waals surface area contributed by atoms with Crippen LogP contribution in [-0.2, 0) is 0 Å². The minimum Gasteiger partial charge on any atom is -0.444 e. The zero-order valence-electron chi connectivity index (χ0n) is 14.5. The van der Waals surface area contributed by atoms with Crippen molar-refractivity contribution in [1.82, 2.24) is 10.3 Å². The van der Waals surface area contributed by atoms with Gasteiger partial charge in [0.1, 0.15) is 6.26 Å². The number of halogens is 2. The van der Waals surface area contributed by atoms with Gasteiger partial charge in [-0.1, -0.05) is 44.0 Å². The third kappa shape index (κ3) is 4.99. The normalized spacial score (nSPS) is 12.3. The summed E-state index contributed by atoms with van der Waals surface area (Å²) >= 11 is 11.9. The second-order valence-electron chi connectivity index (χ2n) is 7.74. The number of benzene rings is 1. The summed E-state index contributed by atoms with van der Waals surface area (Å²) in [6.07, 6.45) is 2.18. The van der Waals surface area contributed by atoms with Crippen LogP contribution in [0.3, 0.4) is 0 Å². The van der Waals surface area contributed by atoms with Crippen molar-refractivity contribution in [1.29, 1.82) is 0 Å². The van der Waals surface area contributed by atoms with Crippen LogP contribution in [0.1, 0.15) is 51.5 Å². The average Bonchev–Trinajstić information content (AvgIpc) is 2.88. The van der Waals surface area contributed by atoms with Gasteiger partial charge in [-0.3, -0.25) is 4.79 Å². The van der Waals surface area contributed by atoms with E-state index in [4.69, 9.17) is 27.6 Å². The summed E-state index contributed by atoms with van der Waals surface area (Å²) in [4.78, 5) is 16.7. The Labute approximate surface area is 152 Å². The predicted molar refractivity (Wildman–Crippen MR) is 97.6 cm³/mol. The van der Waals surface area contributed by atoms with Gasteiger partial charge in [0.05, 0.1) is 10.0 Å². The van der Waals surface area contributed by atoms with E-state index in [1.165, 1.54) is 6.26 Å². The topological polar surface area (TPSA) is 55.1 Å². The Morgan fingerprint density at radius 1 is 1.17 bits per heavy atom. The summed E-state index contributed by atoms with van der Waals surface area (Å²) in [5, 5.41) is 3.87. The van der Waals surface area contributed by atoms with Gasteiger partial charge >= 0.3 is 0 Å². The lowest BCUT2D eigenvalue weighted by atomic mass is 9.82. The van der Waals surface area contributed by atoms with Gasteiger partial charge in [-0.15, -0.1) is 0 Å². The van der Waals surface area contributed by atoms with Crippen molar-refractivity contribution in [3.05, 3.63) is 40.2 Å². The average molecular weight is 369 g/mol. The highest BCUT2D eigenvalue weighted by atomic mass is 35.5. The molecule has 4 nitrogen and oxygen atoms in total. The number of carbonyl (C=O) groups excluding carboxylic acids is 1. The first kappa shape index (κ1) is 18.8. The number of hydrogen-bond donors (Lipinski definition) is 1. The highest BCUT2D eigenvalue weighted by Crippen LogP contribution is 2.29. The van der Waals surface area contributed by atoms with E-state index in [0.717, 1.165) is 6.42 Å². The summed E-state index contributed by atoms with van der Waals surface area (Å²) in [6.45, 7) is 10.4.